The molecule has 0 aliphatic heterocycles. The van der Waals surface area contributed by atoms with Gasteiger partial charge in [0.15, 0.2) is 0 Å². The molecule has 0 N–H and O–H groups in total. The number of halogens is 1. The molecule has 0 fully saturated rings. The molecule has 0 amide bonds. The van der Waals surface area contributed by atoms with Gasteiger partial charge in [0.2, 0.25) is 0 Å². The Morgan fingerprint density at radius 1 is 0.840 bits per heavy atom. The third-order valence-corrected chi connectivity index (χ3v) is 5.39. The van der Waals surface area contributed by atoms with Crippen molar-refractivity contribution >= 4 is 10.9 Å². The van der Waals surface area contributed by atoms with Crippen molar-refractivity contribution in [3.05, 3.63) is 69.2 Å². The van der Waals surface area contributed by atoms with Crippen molar-refractivity contribution < 1.29 is 9.13 Å². The Hall–Kier alpha value is -2.42. The molecule has 0 unspecified atom stereocenters. The van der Waals surface area contributed by atoms with Crippen LogP contribution in [0.4, 0.5) is 4.39 Å². The van der Waals surface area contributed by atoms with Gasteiger partial charge in [0.25, 0.3) is 0 Å². The molecule has 1 aromatic heterocycles. The van der Waals surface area contributed by atoms with Crippen molar-refractivity contribution in [3.8, 4) is 5.75 Å². The van der Waals surface area contributed by atoms with Crippen LogP contribution >= 0.6 is 0 Å². The maximum atomic E-state index is 13.7. The van der Waals surface area contributed by atoms with Gasteiger partial charge in [-0.25, -0.2) is 4.39 Å². The molecule has 2 nitrogen and oxygen atoms in total. The molecule has 3 heteroatoms. The maximum absolute atomic E-state index is 13.7. The number of pyridine rings is 1. The van der Waals surface area contributed by atoms with Crippen LogP contribution in [-0.4, -0.2) is 4.98 Å². The number of aromatic nitrogens is 1. The molecule has 0 saturated carbocycles. The van der Waals surface area contributed by atoms with E-state index in [-0.39, 0.29) is 5.82 Å². The summed E-state index contributed by atoms with van der Waals surface area (Å²) in [4.78, 5) is 4.46. The van der Waals surface area contributed by atoms with E-state index in [2.05, 4.69) is 39.6 Å². The first-order valence-corrected chi connectivity index (χ1v) is 8.55. The molecule has 0 saturated heterocycles. The van der Waals surface area contributed by atoms with Crippen molar-refractivity contribution in [2.24, 2.45) is 0 Å². The van der Waals surface area contributed by atoms with Gasteiger partial charge in [0.05, 0.1) is 5.52 Å². The van der Waals surface area contributed by atoms with Crippen molar-refractivity contribution in [1.82, 2.24) is 4.98 Å². The fraction of sp³-hybridized carbons (Fsp3) is 0.318. The second-order valence-electron chi connectivity index (χ2n) is 6.82. The lowest BCUT2D eigenvalue weighted by Gasteiger charge is -2.19. The lowest BCUT2D eigenvalue weighted by Crippen LogP contribution is -2.07. The van der Waals surface area contributed by atoms with E-state index in [9.17, 15) is 4.39 Å². The molecule has 1 heterocycles. The molecule has 0 spiro atoms. The molecule has 0 aliphatic carbocycles. The summed E-state index contributed by atoms with van der Waals surface area (Å²) in [6.07, 6.45) is 0. The predicted molar refractivity (Wildman–Crippen MR) is 101 cm³/mol. The minimum atomic E-state index is -0.280. The second-order valence-corrected chi connectivity index (χ2v) is 6.82. The smallest absolute Gasteiger partial charge is 0.131 e. The zero-order valence-corrected chi connectivity index (χ0v) is 15.7. The van der Waals surface area contributed by atoms with Gasteiger partial charge >= 0.3 is 0 Å². The maximum Gasteiger partial charge on any atom is 0.131 e. The Labute approximate surface area is 148 Å². The highest BCUT2D eigenvalue weighted by molar-refractivity contribution is 5.85. The highest BCUT2D eigenvalue weighted by atomic mass is 19.1. The van der Waals surface area contributed by atoms with Gasteiger partial charge in [-0.3, -0.25) is 4.98 Å². The Kier molecular flexibility index (Phi) is 4.51. The van der Waals surface area contributed by atoms with Gasteiger partial charge in [-0.05, 0) is 93.1 Å². The van der Waals surface area contributed by atoms with E-state index >= 15 is 0 Å². The molecular weight excluding hydrogens is 313 g/mol. The van der Waals surface area contributed by atoms with Crippen LogP contribution in [0, 0.1) is 47.4 Å². The number of hydrogen-bond acceptors (Lipinski definition) is 2. The molecule has 0 atom stereocenters. The highest BCUT2D eigenvalue weighted by Crippen LogP contribution is 2.30. The zero-order valence-electron chi connectivity index (χ0n) is 15.7. The van der Waals surface area contributed by atoms with Crippen LogP contribution in [0.15, 0.2) is 24.3 Å². The molecule has 0 bridgehead atoms. The summed E-state index contributed by atoms with van der Waals surface area (Å²) in [5.41, 5.74) is 9.31. The summed E-state index contributed by atoms with van der Waals surface area (Å²) in [5, 5.41) is 0.710. The average molecular weight is 337 g/mol. The summed E-state index contributed by atoms with van der Waals surface area (Å²) < 4.78 is 19.8. The van der Waals surface area contributed by atoms with Crippen LogP contribution in [0.1, 0.15) is 39.1 Å². The fourth-order valence-corrected chi connectivity index (χ4v) is 3.36. The number of aryl methyl sites for hydroxylation is 1. The van der Waals surface area contributed by atoms with Gasteiger partial charge in [0.1, 0.15) is 18.2 Å². The van der Waals surface area contributed by atoms with E-state index in [1.807, 2.05) is 13.0 Å². The van der Waals surface area contributed by atoms with E-state index in [1.165, 1.54) is 45.5 Å². The van der Waals surface area contributed by atoms with E-state index < -0.39 is 0 Å². The summed E-state index contributed by atoms with van der Waals surface area (Å²) in [7, 11) is 0. The normalized spacial score (nSPS) is 11.2. The summed E-state index contributed by atoms with van der Waals surface area (Å²) >= 11 is 0. The topological polar surface area (TPSA) is 22.1 Å². The van der Waals surface area contributed by atoms with Crippen LogP contribution < -0.4 is 4.74 Å². The standard InChI is InChI=1S/C22H24FNO/c1-12-9-22(19-10-18(23)7-8-21(19)24-12)25-11-20-16(5)14(3)13(2)15(4)17(20)6/h7-10H,11H2,1-6H3. The minimum Gasteiger partial charge on any atom is -0.488 e. The molecular formula is C22H24FNO. The molecule has 0 radical (unpaired) electrons. The largest absolute Gasteiger partial charge is 0.488 e. The number of rotatable bonds is 3. The predicted octanol–water partition coefficient (Wildman–Crippen LogP) is 5.80. The molecule has 3 aromatic rings. The molecule has 2 aromatic carbocycles. The Morgan fingerprint density at radius 3 is 2.08 bits per heavy atom. The minimum absolute atomic E-state index is 0.280. The van der Waals surface area contributed by atoms with Gasteiger partial charge < -0.3 is 4.74 Å². The van der Waals surface area contributed by atoms with Crippen molar-refractivity contribution in [1.29, 1.82) is 0 Å². The van der Waals surface area contributed by atoms with Crippen molar-refractivity contribution in [2.75, 3.05) is 0 Å². The zero-order chi connectivity index (χ0) is 18.3. The second kappa shape index (κ2) is 6.47. The Bertz CT molecular complexity index is 947. The first-order valence-electron chi connectivity index (χ1n) is 8.55. The Morgan fingerprint density at radius 2 is 1.44 bits per heavy atom. The molecule has 0 aliphatic rings. The average Bonchev–Trinajstić information content (AvgIpc) is 2.58. The number of benzene rings is 2. The number of nitrogens with zero attached hydrogens (tertiary/aromatic N) is 1. The summed E-state index contributed by atoms with van der Waals surface area (Å²) in [5.74, 6) is 0.397. The van der Waals surface area contributed by atoms with Gasteiger partial charge in [-0.2, -0.15) is 0 Å². The van der Waals surface area contributed by atoms with Crippen LogP contribution in [0.2, 0.25) is 0 Å². The lowest BCUT2D eigenvalue weighted by molar-refractivity contribution is 0.307. The Balaban J connectivity index is 2.03. The quantitative estimate of drug-likeness (QED) is 0.602. The summed E-state index contributed by atoms with van der Waals surface area (Å²) in [6, 6.07) is 6.49. The van der Waals surface area contributed by atoms with E-state index in [1.54, 1.807) is 6.07 Å². The first-order chi connectivity index (χ1) is 11.8. The van der Waals surface area contributed by atoms with Crippen LogP contribution in [0.5, 0.6) is 5.75 Å². The van der Waals surface area contributed by atoms with Gasteiger partial charge in [-0.1, -0.05) is 0 Å². The number of ether oxygens (including phenoxy) is 1. The molecule has 25 heavy (non-hydrogen) atoms. The monoisotopic (exact) mass is 337 g/mol. The lowest BCUT2D eigenvalue weighted by atomic mass is 9.90. The number of fused-ring (bicyclic) bond motifs is 1. The van der Waals surface area contributed by atoms with E-state index in [0.29, 0.717) is 17.7 Å². The van der Waals surface area contributed by atoms with Gasteiger partial charge in [0, 0.05) is 17.1 Å². The first kappa shape index (κ1) is 17.4. The van der Waals surface area contributed by atoms with Crippen LogP contribution in [0.3, 0.4) is 0 Å². The fourth-order valence-electron chi connectivity index (χ4n) is 3.36. The third-order valence-electron chi connectivity index (χ3n) is 5.39. The SMILES string of the molecule is Cc1cc(OCc2c(C)c(C)c(C)c(C)c2C)c2cc(F)ccc2n1. The van der Waals surface area contributed by atoms with E-state index in [4.69, 9.17) is 4.74 Å². The van der Waals surface area contributed by atoms with Crippen molar-refractivity contribution in [2.45, 2.75) is 48.1 Å². The van der Waals surface area contributed by atoms with E-state index in [0.717, 1.165) is 11.2 Å². The summed E-state index contributed by atoms with van der Waals surface area (Å²) in [6.45, 7) is 13.1. The highest BCUT2D eigenvalue weighted by Gasteiger charge is 2.14. The number of hydrogen-bond donors (Lipinski definition) is 0. The van der Waals surface area contributed by atoms with Crippen LogP contribution in [0.25, 0.3) is 10.9 Å². The molecule has 130 valence electrons. The van der Waals surface area contributed by atoms with Crippen molar-refractivity contribution in [3.63, 3.8) is 0 Å². The third kappa shape index (κ3) is 3.11. The van der Waals surface area contributed by atoms with Gasteiger partial charge in [-0.15, -0.1) is 0 Å². The van der Waals surface area contributed by atoms with Crippen LogP contribution in [-0.2, 0) is 6.61 Å². The molecule has 3 rings (SSSR count).